The maximum Gasteiger partial charge on any atom is 0.347 e. The average Bonchev–Trinajstić information content (AvgIpc) is 3.65. The van der Waals surface area contributed by atoms with Crippen molar-refractivity contribution in [2.24, 2.45) is 11.7 Å². The Hall–Kier alpha value is -3.06. The molecule has 0 radical (unpaired) electrons. The summed E-state index contributed by atoms with van der Waals surface area (Å²) < 4.78 is 33.2. The number of esters is 2. The number of alkyl halides is 1. The molecule has 0 spiro atoms. The highest BCUT2D eigenvalue weighted by Crippen LogP contribution is 2.32. The number of aromatic nitrogens is 4. The van der Waals surface area contributed by atoms with Crippen LogP contribution in [0.4, 0.5) is 10.3 Å². The van der Waals surface area contributed by atoms with E-state index in [2.05, 4.69) is 21.9 Å². The fourth-order valence-electron chi connectivity index (χ4n) is 6.01. The Bertz CT molecular complexity index is 1300. The minimum absolute atomic E-state index is 0.0523. The van der Waals surface area contributed by atoms with Crippen molar-refractivity contribution >= 4 is 29.1 Å². The number of imidazole rings is 1. The highest BCUT2D eigenvalue weighted by atomic mass is 19.1. The summed E-state index contributed by atoms with van der Waals surface area (Å²) in [6.45, 7) is 5.48. The summed E-state index contributed by atoms with van der Waals surface area (Å²) in [4.78, 5) is 48.3. The van der Waals surface area contributed by atoms with Crippen molar-refractivity contribution in [2.45, 2.75) is 167 Å². The van der Waals surface area contributed by atoms with E-state index in [4.69, 9.17) is 25.7 Å². The standard InChI is InChI=1S/C35H59FN6O6/c1-4-5-6-7-8-9-10-11-12-13-14-15-16-17-18-19-20-26(48-34(45)29(37)24(2)3)33(44)46-22-27-25(36)21-28(47-27)42-23-39-30-31(42)40-35(38)41-32(30)43/h23-29H,4-22,37H2,1-3H3,(H3,38,40,41,43)/t25?,26?,27-,28-,29+/m1/s1. The van der Waals surface area contributed by atoms with E-state index in [-0.39, 0.29) is 36.1 Å². The van der Waals surface area contributed by atoms with E-state index >= 15 is 0 Å². The van der Waals surface area contributed by atoms with Crippen molar-refractivity contribution in [3.63, 3.8) is 0 Å². The Morgan fingerprint density at radius 1 is 0.979 bits per heavy atom. The van der Waals surface area contributed by atoms with Gasteiger partial charge in [0.25, 0.3) is 5.56 Å². The monoisotopic (exact) mass is 678 g/mol. The van der Waals surface area contributed by atoms with Gasteiger partial charge >= 0.3 is 11.9 Å². The fraction of sp³-hybridized carbons (Fsp3) is 0.800. The lowest BCUT2D eigenvalue weighted by Gasteiger charge is -2.22. The van der Waals surface area contributed by atoms with Crippen molar-refractivity contribution in [1.82, 2.24) is 19.5 Å². The zero-order valence-electron chi connectivity index (χ0n) is 29.3. The van der Waals surface area contributed by atoms with E-state index in [1.165, 1.54) is 87.9 Å². The van der Waals surface area contributed by atoms with Crippen molar-refractivity contribution in [1.29, 1.82) is 0 Å². The van der Waals surface area contributed by atoms with Crippen LogP contribution in [0.5, 0.6) is 0 Å². The summed E-state index contributed by atoms with van der Waals surface area (Å²) in [5, 5.41) is 0. The molecule has 5 atom stereocenters. The van der Waals surface area contributed by atoms with Crippen LogP contribution in [0.15, 0.2) is 11.1 Å². The molecule has 13 heteroatoms. The SMILES string of the molecule is CCCCCCCCCCCCCCCCCCC(OC(=O)[C@@H](N)C(C)C)C(=O)OC[C@H]1O[C@@H](n2cnc3c(=O)[nH]c(N)nc32)CC1F. The minimum atomic E-state index is -1.46. The first-order valence-corrected chi connectivity index (χ1v) is 18.3. The number of aromatic amines is 1. The molecule has 1 fully saturated rings. The molecule has 1 saturated heterocycles. The number of carbonyl (C=O) groups is 2. The summed E-state index contributed by atoms with van der Waals surface area (Å²) in [6.07, 6.45) is 16.7. The summed E-state index contributed by atoms with van der Waals surface area (Å²) in [6, 6.07) is -0.875. The Morgan fingerprint density at radius 2 is 1.54 bits per heavy atom. The molecule has 0 amide bonds. The molecule has 0 aliphatic carbocycles. The second-order valence-electron chi connectivity index (χ2n) is 13.6. The fourth-order valence-corrected chi connectivity index (χ4v) is 6.01. The third-order valence-corrected chi connectivity index (χ3v) is 9.14. The van der Waals surface area contributed by atoms with Crippen LogP contribution >= 0.6 is 0 Å². The number of anilines is 1. The molecular formula is C35H59FN6O6. The lowest BCUT2D eigenvalue weighted by atomic mass is 10.0. The summed E-state index contributed by atoms with van der Waals surface area (Å²) >= 11 is 0. The topological polar surface area (TPSA) is 177 Å². The maximum atomic E-state index is 15.0. The molecule has 2 aromatic heterocycles. The molecule has 5 N–H and O–H groups in total. The van der Waals surface area contributed by atoms with E-state index in [1.54, 1.807) is 13.8 Å². The first kappa shape index (κ1) is 39.4. The number of H-pyrrole nitrogens is 1. The summed E-state index contributed by atoms with van der Waals surface area (Å²) in [5.74, 6) is -1.69. The molecule has 0 saturated carbocycles. The number of unbranched alkanes of at least 4 members (excludes halogenated alkanes) is 15. The van der Waals surface area contributed by atoms with Gasteiger partial charge in [-0.3, -0.25) is 19.1 Å². The van der Waals surface area contributed by atoms with Crippen LogP contribution in [-0.2, 0) is 23.8 Å². The van der Waals surface area contributed by atoms with Gasteiger partial charge in [-0.15, -0.1) is 0 Å². The second-order valence-corrected chi connectivity index (χ2v) is 13.6. The summed E-state index contributed by atoms with van der Waals surface area (Å²) in [5.41, 5.74) is 11.3. The van der Waals surface area contributed by atoms with E-state index in [0.717, 1.165) is 19.3 Å². The Balaban J connectivity index is 1.38. The predicted octanol–water partition coefficient (Wildman–Crippen LogP) is 6.42. The molecule has 2 unspecified atom stereocenters. The molecule has 3 heterocycles. The number of ether oxygens (including phenoxy) is 3. The highest BCUT2D eigenvalue weighted by Gasteiger charge is 2.39. The first-order chi connectivity index (χ1) is 23.1. The van der Waals surface area contributed by atoms with Crippen LogP contribution < -0.4 is 17.0 Å². The lowest BCUT2D eigenvalue weighted by Crippen LogP contribution is -2.41. The molecule has 12 nitrogen and oxygen atoms in total. The molecule has 3 rings (SSSR count). The Morgan fingerprint density at radius 3 is 2.10 bits per heavy atom. The minimum Gasteiger partial charge on any atom is -0.460 e. The molecule has 0 aromatic carbocycles. The van der Waals surface area contributed by atoms with Gasteiger partial charge in [-0.25, -0.2) is 14.2 Å². The van der Waals surface area contributed by atoms with E-state index < -0.39 is 48.1 Å². The van der Waals surface area contributed by atoms with Gasteiger partial charge in [-0.2, -0.15) is 4.98 Å². The number of hydrogen-bond donors (Lipinski definition) is 3. The van der Waals surface area contributed by atoms with Crippen LogP contribution in [0.3, 0.4) is 0 Å². The number of halogens is 1. The lowest BCUT2D eigenvalue weighted by molar-refractivity contribution is -0.172. The number of hydrogen-bond acceptors (Lipinski definition) is 10. The van der Waals surface area contributed by atoms with Crippen LogP contribution in [0, 0.1) is 5.92 Å². The smallest absolute Gasteiger partial charge is 0.347 e. The van der Waals surface area contributed by atoms with Crippen molar-refractivity contribution in [2.75, 3.05) is 12.3 Å². The molecule has 48 heavy (non-hydrogen) atoms. The zero-order chi connectivity index (χ0) is 34.9. The van der Waals surface area contributed by atoms with Crippen LogP contribution in [0.2, 0.25) is 0 Å². The maximum absolute atomic E-state index is 15.0. The zero-order valence-corrected chi connectivity index (χ0v) is 29.3. The number of rotatable bonds is 24. The largest absolute Gasteiger partial charge is 0.460 e. The van der Waals surface area contributed by atoms with Gasteiger partial charge in [0.05, 0.1) is 6.33 Å². The molecule has 1 aliphatic rings. The highest BCUT2D eigenvalue weighted by molar-refractivity contribution is 5.82. The molecular weight excluding hydrogens is 619 g/mol. The van der Waals surface area contributed by atoms with Crippen molar-refractivity contribution in [3.05, 3.63) is 16.7 Å². The Kier molecular flexibility index (Phi) is 17.3. The quantitative estimate of drug-likeness (QED) is 0.0829. The van der Waals surface area contributed by atoms with E-state index in [1.807, 2.05) is 0 Å². The summed E-state index contributed by atoms with van der Waals surface area (Å²) in [7, 11) is 0. The number of nitrogen functional groups attached to an aromatic ring is 1. The van der Waals surface area contributed by atoms with Gasteiger partial charge in [0.15, 0.2) is 17.3 Å². The van der Waals surface area contributed by atoms with Crippen LogP contribution in [-0.4, -0.2) is 62.5 Å². The molecule has 2 aromatic rings. The second kappa shape index (κ2) is 21.1. The van der Waals surface area contributed by atoms with Gasteiger partial charge in [0.2, 0.25) is 5.95 Å². The normalized spacial score (nSPS) is 19.2. The van der Waals surface area contributed by atoms with Crippen molar-refractivity contribution in [3.8, 4) is 0 Å². The Labute approximate surface area is 284 Å². The van der Waals surface area contributed by atoms with Gasteiger partial charge in [-0.05, 0) is 18.8 Å². The molecule has 0 bridgehead atoms. The van der Waals surface area contributed by atoms with Gasteiger partial charge in [0.1, 0.15) is 31.2 Å². The number of fused-ring (bicyclic) bond motifs is 1. The van der Waals surface area contributed by atoms with Gasteiger partial charge in [-0.1, -0.05) is 117 Å². The van der Waals surface area contributed by atoms with Crippen molar-refractivity contribution < 1.29 is 28.2 Å². The van der Waals surface area contributed by atoms with Gasteiger partial charge in [0, 0.05) is 6.42 Å². The van der Waals surface area contributed by atoms with E-state index in [9.17, 15) is 18.8 Å². The van der Waals surface area contributed by atoms with Gasteiger partial charge < -0.3 is 25.7 Å². The molecule has 272 valence electrons. The average molecular weight is 679 g/mol. The van der Waals surface area contributed by atoms with Crippen LogP contribution in [0.1, 0.15) is 143 Å². The first-order valence-electron chi connectivity index (χ1n) is 18.3. The predicted molar refractivity (Wildman–Crippen MR) is 184 cm³/mol. The number of nitrogens with two attached hydrogens (primary N) is 2. The number of carbonyl (C=O) groups excluding carboxylic acids is 2. The number of nitrogens with one attached hydrogen (secondary N) is 1. The molecule has 1 aliphatic heterocycles. The third-order valence-electron chi connectivity index (χ3n) is 9.14. The third kappa shape index (κ3) is 12.8. The van der Waals surface area contributed by atoms with Crippen LogP contribution in [0.25, 0.3) is 11.2 Å². The van der Waals surface area contributed by atoms with E-state index in [0.29, 0.717) is 12.8 Å². The number of nitrogens with zero attached hydrogens (tertiary/aromatic N) is 3.